The Hall–Kier alpha value is -4.96. The molecule has 1 heterocycles. The Bertz CT molecular complexity index is 1960. The van der Waals surface area contributed by atoms with Gasteiger partial charge in [0.15, 0.2) is 11.6 Å². The lowest BCUT2D eigenvalue weighted by atomic mass is 9.95. The Morgan fingerprint density at radius 3 is 1.40 bits per heavy atom. The van der Waals surface area contributed by atoms with Crippen molar-refractivity contribution in [2.75, 3.05) is 19.8 Å². The smallest absolute Gasteiger partial charge is 0.335 e. The number of hydrogen-bond acceptors (Lipinski definition) is 7. The third kappa shape index (κ3) is 11.8. The summed E-state index contributed by atoms with van der Waals surface area (Å²) in [5.41, 5.74) is 7.56. The molecule has 1 saturated heterocycles. The first-order valence-electron chi connectivity index (χ1n) is 20.9. The molecule has 3 atom stereocenters. The molecular formula is C49H57NO8. The highest BCUT2D eigenvalue weighted by Gasteiger charge is 2.26. The van der Waals surface area contributed by atoms with Crippen LogP contribution in [-0.2, 0) is 30.4 Å². The maximum Gasteiger partial charge on any atom is 0.335 e. The van der Waals surface area contributed by atoms with Crippen LogP contribution in [0.2, 0.25) is 0 Å². The second-order valence-corrected chi connectivity index (χ2v) is 16.4. The summed E-state index contributed by atoms with van der Waals surface area (Å²) in [6, 6.07) is 30.0. The molecule has 0 unspecified atom stereocenters. The fourth-order valence-corrected chi connectivity index (χ4v) is 8.53. The predicted octanol–water partition coefficient (Wildman–Crippen LogP) is 7.97. The van der Waals surface area contributed by atoms with E-state index in [9.17, 15) is 29.4 Å². The predicted molar refractivity (Wildman–Crippen MR) is 223 cm³/mol. The molecule has 0 spiro atoms. The third-order valence-electron chi connectivity index (χ3n) is 12.0. The summed E-state index contributed by atoms with van der Waals surface area (Å²) in [4.78, 5) is 50.1. The lowest BCUT2D eigenvalue weighted by Gasteiger charge is -2.33. The van der Waals surface area contributed by atoms with Gasteiger partial charge in [0.25, 0.3) is 5.91 Å². The summed E-state index contributed by atoms with van der Waals surface area (Å²) < 4.78 is 5.40. The van der Waals surface area contributed by atoms with Crippen molar-refractivity contribution in [2.24, 2.45) is 11.8 Å². The van der Waals surface area contributed by atoms with E-state index in [-0.39, 0.29) is 35.5 Å². The number of ketones is 2. The number of carbonyl (C=O) groups excluding carboxylic acids is 3. The average Bonchev–Trinajstić information content (AvgIpc) is 3.87. The number of Topliss-reactive ketones (excluding diaryl/α,β-unsaturated/α-hetero) is 2. The number of carbonyl (C=O) groups is 4. The van der Waals surface area contributed by atoms with Gasteiger partial charge < -0.3 is 25.0 Å². The molecule has 3 N–H and O–H groups in total. The summed E-state index contributed by atoms with van der Waals surface area (Å²) >= 11 is 0. The quantitative estimate of drug-likeness (QED) is 0.0972. The normalized spacial score (nSPS) is 17.4. The van der Waals surface area contributed by atoms with Crippen LogP contribution in [0.5, 0.6) is 0 Å². The lowest BCUT2D eigenvalue weighted by molar-refractivity contribution is 0.00358. The average molecular weight is 788 g/mol. The number of morpholine rings is 1. The molecule has 7 rings (SSSR count). The summed E-state index contributed by atoms with van der Waals surface area (Å²) in [7, 11) is 0. The van der Waals surface area contributed by atoms with Crippen LogP contribution >= 0.6 is 0 Å². The van der Waals surface area contributed by atoms with Gasteiger partial charge in [0.1, 0.15) is 0 Å². The van der Waals surface area contributed by atoms with E-state index in [4.69, 9.17) is 9.84 Å². The molecule has 1 amide bonds. The number of amides is 1. The zero-order valence-electron chi connectivity index (χ0n) is 33.6. The molecular weight excluding hydrogens is 731 g/mol. The van der Waals surface area contributed by atoms with Crippen LogP contribution in [0, 0.1) is 11.8 Å². The van der Waals surface area contributed by atoms with E-state index in [1.807, 2.05) is 11.8 Å². The van der Waals surface area contributed by atoms with E-state index >= 15 is 0 Å². The van der Waals surface area contributed by atoms with Gasteiger partial charge >= 0.3 is 5.97 Å². The number of benzene rings is 4. The molecule has 0 saturated carbocycles. The maximum absolute atomic E-state index is 12.7. The summed E-state index contributed by atoms with van der Waals surface area (Å²) in [5, 5.41) is 29.5. The number of aliphatic hydroxyl groups excluding tert-OH is 2. The van der Waals surface area contributed by atoms with Crippen LogP contribution in [0.25, 0.3) is 0 Å². The standard InChI is InChI=1S/C27H33NO4.C22H24O4/c1-19-18-32-15-14-28(19)27(31)22-9-7-21(8-10-22)26(30)13-12-25(29)11-6-20-16-23-4-2-3-5-24(23)17-20;23-20(10-5-15-13-18-3-1-2-4-19(18)14-15)11-12-21(24)16-6-8-17(9-7-16)22(25)26/h2-5,7-10,19-20,25,29H,6,11-18H2,1H3;1-4,6-9,15,20,23H,5,10-14H2,(H,25,26)/t19-,25+;20-/m10/s1. The Morgan fingerprint density at radius 1 is 0.603 bits per heavy atom. The summed E-state index contributed by atoms with van der Waals surface area (Å²) in [6.07, 6.45) is 8.34. The summed E-state index contributed by atoms with van der Waals surface area (Å²) in [6.45, 7) is 3.68. The number of aromatic carboxylic acids is 1. The first kappa shape index (κ1) is 42.6. The van der Waals surface area contributed by atoms with Crippen molar-refractivity contribution in [1.82, 2.24) is 4.90 Å². The highest BCUT2D eigenvalue weighted by atomic mass is 16.5. The van der Waals surface area contributed by atoms with Gasteiger partial charge in [-0.05, 0) is 129 Å². The van der Waals surface area contributed by atoms with Crippen LogP contribution in [0.1, 0.15) is 122 Å². The molecule has 0 bridgehead atoms. The monoisotopic (exact) mass is 787 g/mol. The minimum absolute atomic E-state index is 0.0102. The van der Waals surface area contributed by atoms with Gasteiger partial charge in [0, 0.05) is 36.1 Å². The van der Waals surface area contributed by atoms with Crippen molar-refractivity contribution in [3.63, 3.8) is 0 Å². The van der Waals surface area contributed by atoms with Gasteiger partial charge in [0.2, 0.25) is 0 Å². The lowest BCUT2D eigenvalue weighted by Crippen LogP contribution is -2.47. The van der Waals surface area contributed by atoms with Gasteiger partial charge in [-0.1, -0.05) is 72.8 Å². The maximum atomic E-state index is 12.7. The molecule has 4 aromatic carbocycles. The Balaban J connectivity index is 0.000000200. The zero-order valence-corrected chi connectivity index (χ0v) is 33.6. The molecule has 1 aliphatic heterocycles. The summed E-state index contributed by atoms with van der Waals surface area (Å²) in [5.74, 6) is 0.0985. The third-order valence-corrected chi connectivity index (χ3v) is 12.0. The van der Waals surface area contributed by atoms with Crippen LogP contribution in [0.15, 0.2) is 97.1 Å². The molecule has 4 aromatic rings. The SMILES string of the molecule is C[C@@H]1COCCN1C(=O)c1ccc(C(=O)CC[C@@H](O)CCC2Cc3ccccc3C2)cc1.O=C(O)c1ccc(C(=O)CC[C@@H](O)CCC2Cc3ccccc3C2)cc1. The molecule has 3 aliphatic rings. The molecule has 0 aromatic heterocycles. The van der Waals surface area contributed by atoms with E-state index in [0.717, 1.165) is 44.9 Å². The van der Waals surface area contributed by atoms with E-state index in [2.05, 4.69) is 48.5 Å². The Morgan fingerprint density at radius 2 is 1.00 bits per heavy atom. The molecule has 9 heteroatoms. The topological polar surface area (TPSA) is 141 Å². The van der Waals surface area contributed by atoms with Gasteiger partial charge in [-0.15, -0.1) is 0 Å². The Kier molecular flexibility index (Phi) is 15.2. The van der Waals surface area contributed by atoms with Crippen LogP contribution in [0.4, 0.5) is 0 Å². The van der Waals surface area contributed by atoms with Crippen LogP contribution in [0.3, 0.4) is 0 Å². The first-order valence-corrected chi connectivity index (χ1v) is 20.9. The van der Waals surface area contributed by atoms with Crippen molar-refractivity contribution >= 4 is 23.4 Å². The molecule has 2 aliphatic carbocycles. The van der Waals surface area contributed by atoms with Gasteiger partial charge in [0.05, 0.1) is 37.0 Å². The number of carboxylic acids is 1. The number of nitrogens with zero attached hydrogens (tertiary/aromatic N) is 1. The second-order valence-electron chi connectivity index (χ2n) is 16.4. The van der Waals surface area contributed by atoms with Crippen molar-refractivity contribution in [3.05, 3.63) is 142 Å². The number of hydrogen-bond donors (Lipinski definition) is 3. The second kappa shape index (κ2) is 20.6. The number of ether oxygens (including phenoxy) is 1. The van der Waals surface area contributed by atoms with Crippen LogP contribution < -0.4 is 0 Å². The minimum atomic E-state index is -1.01. The number of carboxylic acid groups (broad SMARTS) is 1. The Labute approximate surface area is 342 Å². The molecule has 0 radical (unpaired) electrons. The molecule has 9 nitrogen and oxygen atoms in total. The zero-order chi connectivity index (χ0) is 41.0. The highest BCUT2D eigenvalue weighted by Crippen LogP contribution is 2.31. The van der Waals surface area contributed by atoms with Crippen molar-refractivity contribution < 1.29 is 39.2 Å². The number of rotatable bonds is 16. The van der Waals surface area contributed by atoms with Gasteiger partial charge in [-0.3, -0.25) is 14.4 Å². The number of fused-ring (bicyclic) bond motifs is 2. The van der Waals surface area contributed by atoms with E-state index in [1.165, 1.54) is 46.5 Å². The van der Waals surface area contributed by atoms with Crippen molar-refractivity contribution in [3.8, 4) is 0 Å². The molecule has 306 valence electrons. The fraction of sp³-hybridized carbons (Fsp3) is 0.429. The van der Waals surface area contributed by atoms with Crippen molar-refractivity contribution in [2.45, 2.75) is 102 Å². The van der Waals surface area contributed by atoms with E-state index in [1.54, 1.807) is 24.3 Å². The van der Waals surface area contributed by atoms with Crippen molar-refractivity contribution in [1.29, 1.82) is 0 Å². The van der Waals surface area contributed by atoms with E-state index < -0.39 is 18.2 Å². The number of aliphatic hydroxyl groups is 2. The minimum Gasteiger partial charge on any atom is -0.478 e. The highest BCUT2D eigenvalue weighted by molar-refractivity contribution is 5.99. The van der Waals surface area contributed by atoms with Gasteiger partial charge in [-0.25, -0.2) is 4.79 Å². The molecule has 58 heavy (non-hydrogen) atoms. The van der Waals surface area contributed by atoms with Gasteiger partial charge in [-0.2, -0.15) is 0 Å². The fourth-order valence-electron chi connectivity index (χ4n) is 8.53. The van der Waals surface area contributed by atoms with Crippen LogP contribution in [-0.4, -0.2) is 81.7 Å². The largest absolute Gasteiger partial charge is 0.478 e. The molecule has 1 fully saturated rings. The van der Waals surface area contributed by atoms with E-state index in [0.29, 0.717) is 74.0 Å². The first-order chi connectivity index (χ1) is 28.0.